The lowest BCUT2D eigenvalue weighted by molar-refractivity contribution is -0.143. The van der Waals surface area contributed by atoms with Crippen LogP contribution in [0.3, 0.4) is 0 Å². The maximum Gasteiger partial charge on any atom is 0.309 e. The number of allylic oxidation sites excluding steroid dienone is 1. The van der Waals surface area contributed by atoms with Gasteiger partial charge in [0.25, 0.3) is 0 Å². The Labute approximate surface area is 113 Å². The normalized spacial score (nSPS) is 25.1. The molecule has 0 heterocycles. The van der Waals surface area contributed by atoms with Gasteiger partial charge < -0.3 is 4.74 Å². The van der Waals surface area contributed by atoms with E-state index in [1.54, 1.807) is 0 Å². The van der Waals surface area contributed by atoms with Crippen LogP contribution in [0.2, 0.25) is 5.02 Å². The molecule has 96 valence electrons. The number of carbonyl (C=O) groups is 1. The summed E-state index contributed by atoms with van der Waals surface area (Å²) in [5.41, 5.74) is 1.08. The van der Waals surface area contributed by atoms with Crippen LogP contribution in [-0.4, -0.2) is 13.1 Å². The SMILES string of the molecule is COC(=O)[C@H]1[C@H](C=Cc2ccc(Cl)cc2)C1(C)C. The van der Waals surface area contributed by atoms with Crippen LogP contribution >= 0.6 is 11.6 Å². The Hall–Kier alpha value is -1.28. The van der Waals surface area contributed by atoms with Crippen molar-refractivity contribution in [2.24, 2.45) is 17.3 Å². The first kappa shape index (κ1) is 13.2. The number of hydrogen-bond donors (Lipinski definition) is 0. The van der Waals surface area contributed by atoms with Gasteiger partial charge in [-0.3, -0.25) is 4.79 Å². The van der Waals surface area contributed by atoms with E-state index in [1.165, 1.54) is 7.11 Å². The van der Waals surface area contributed by atoms with Crippen molar-refractivity contribution < 1.29 is 9.53 Å². The number of esters is 1. The minimum Gasteiger partial charge on any atom is -0.469 e. The van der Waals surface area contributed by atoms with Crippen molar-refractivity contribution in [1.29, 1.82) is 0 Å². The van der Waals surface area contributed by atoms with Crippen molar-refractivity contribution in [3.63, 3.8) is 0 Å². The molecule has 0 bridgehead atoms. The highest BCUT2D eigenvalue weighted by atomic mass is 35.5. The monoisotopic (exact) mass is 264 g/mol. The Bertz CT molecular complexity index is 474. The second-order valence-electron chi connectivity index (χ2n) is 5.26. The van der Waals surface area contributed by atoms with Crippen molar-refractivity contribution >= 4 is 23.6 Å². The molecule has 1 aliphatic rings. The average molecular weight is 265 g/mol. The third kappa shape index (κ3) is 2.44. The minimum absolute atomic E-state index is 0.00395. The van der Waals surface area contributed by atoms with E-state index < -0.39 is 0 Å². The fourth-order valence-electron chi connectivity index (χ4n) is 2.40. The maximum absolute atomic E-state index is 11.6. The van der Waals surface area contributed by atoms with Gasteiger partial charge in [0, 0.05) is 5.02 Å². The van der Waals surface area contributed by atoms with Gasteiger partial charge in [-0.15, -0.1) is 0 Å². The van der Waals surface area contributed by atoms with Crippen LogP contribution in [0.4, 0.5) is 0 Å². The minimum atomic E-state index is -0.120. The van der Waals surface area contributed by atoms with E-state index in [4.69, 9.17) is 16.3 Å². The molecule has 0 radical (unpaired) electrons. The van der Waals surface area contributed by atoms with E-state index in [1.807, 2.05) is 30.3 Å². The summed E-state index contributed by atoms with van der Waals surface area (Å²) in [7, 11) is 1.44. The van der Waals surface area contributed by atoms with Gasteiger partial charge in [-0.2, -0.15) is 0 Å². The summed E-state index contributed by atoms with van der Waals surface area (Å²) in [6.45, 7) is 4.18. The first-order chi connectivity index (χ1) is 8.46. The molecule has 18 heavy (non-hydrogen) atoms. The predicted octanol–water partition coefficient (Wildman–Crippen LogP) is 3.80. The summed E-state index contributed by atoms with van der Waals surface area (Å²) >= 11 is 5.83. The van der Waals surface area contributed by atoms with E-state index >= 15 is 0 Å². The largest absolute Gasteiger partial charge is 0.469 e. The third-order valence-corrected chi connectivity index (χ3v) is 3.98. The summed E-state index contributed by atoms with van der Waals surface area (Å²) in [6, 6.07) is 7.64. The Kier molecular flexibility index (Phi) is 3.49. The number of carbonyl (C=O) groups excluding carboxylic acids is 1. The fourth-order valence-corrected chi connectivity index (χ4v) is 2.53. The molecule has 2 rings (SSSR count). The molecule has 1 fully saturated rings. The van der Waals surface area contributed by atoms with Crippen molar-refractivity contribution in [2.75, 3.05) is 7.11 Å². The molecule has 1 saturated carbocycles. The van der Waals surface area contributed by atoms with Crippen LogP contribution in [0.5, 0.6) is 0 Å². The van der Waals surface area contributed by atoms with Crippen molar-refractivity contribution in [2.45, 2.75) is 13.8 Å². The molecular formula is C15H17ClO2. The topological polar surface area (TPSA) is 26.3 Å². The first-order valence-electron chi connectivity index (χ1n) is 5.98. The number of methoxy groups -OCH3 is 1. The summed E-state index contributed by atoms with van der Waals surface area (Å²) < 4.78 is 4.82. The first-order valence-corrected chi connectivity index (χ1v) is 6.36. The highest BCUT2D eigenvalue weighted by molar-refractivity contribution is 6.30. The maximum atomic E-state index is 11.6. The number of rotatable bonds is 3. The van der Waals surface area contributed by atoms with Crippen LogP contribution in [0.1, 0.15) is 19.4 Å². The zero-order valence-corrected chi connectivity index (χ0v) is 11.6. The van der Waals surface area contributed by atoms with Gasteiger partial charge in [0.1, 0.15) is 0 Å². The van der Waals surface area contributed by atoms with Crippen molar-refractivity contribution in [1.82, 2.24) is 0 Å². The van der Waals surface area contributed by atoms with E-state index in [-0.39, 0.29) is 23.2 Å². The Morgan fingerprint density at radius 3 is 2.50 bits per heavy atom. The molecule has 0 unspecified atom stereocenters. The van der Waals surface area contributed by atoms with Crippen molar-refractivity contribution in [3.05, 3.63) is 40.9 Å². The molecule has 0 aliphatic heterocycles. The van der Waals surface area contributed by atoms with Crippen LogP contribution in [0, 0.1) is 17.3 Å². The molecule has 0 amide bonds. The Morgan fingerprint density at radius 2 is 1.94 bits per heavy atom. The Morgan fingerprint density at radius 1 is 1.33 bits per heavy atom. The van der Waals surface area contributed by atoms with Gasteiger partial charge >= 0.3 is 5.97 Å². The van der Waals surface area contributed by atoms with E-state index in [2.05, 4.69) is 19.9 Å². The number of hydrogen-bond acceptors (Lipinski definition) is 2. The molecule has 1 aromatic carbocycles. The highest BCUT2D eigenvalue weighted by Crippen LogP contribution is 2.59. The second kappa shape index (κ2) is 4.77. The highest BCUT2D eigenvalue weighted by Gasteiger charge is 2.61. The second-order valence-corrected chi connectivity index (χ2v) is 5.70. The van der Waals surface area contributed by atoms with Crippen molar-refractivity contribution in [3.8, 4) is 0 Å². The predicted molar refractivity (Wildman–Crippen MR) is 73.3 cm³/mol. The standard InChI is InChI=1S/C15H17ClO2/c1-15(2)12(13(15)14(17)18-3)9-6-10-4-7-11(16)8-5-10/h4-9,12-13H,1-3H3/t12-,13+/m0/s1. The molecule has 0 saturated heterocycles. The lowest BCUT2D eigenvalue weighted by Gasteiger charge is -1.99. The van der Waals surface area contributed by atoms with Gasteiger partial charge in [-0.05, 0) is 29.0 Å². The Balaban J connectivity index is 2.07. The van der Waals surface area contributed by atoms with Crippen LogP contribution in [0.15, 0.2) is 30.3 Å². The molecule has 3 heteroatoms. The molecule has 0 aromatic heterocycles. The zero-order chi connectivity index (χ0) is 13.3. The summed E-state index contributed by atoms with van der Waals surface area (Å²) in [5.74, 6) is 0.109. The lowest BCUT2D eigenvalue weighted by atomic mass is 10.1. The van der Waals surface area contributed by atoms with E-state index in [0.717, 1.165) is 10.6 Å². The summed E-state index contributed by atoms with van der Waals surface area (Å²) in [5, 5.41) is 0.728. The molecule has 2 atom stereocenters. The van der Waals surface area contributed by atoms with Crippen LogP contribution in [0.25, 0.3) is 6.08 Å². The molecule has 0 N–H and O–H groups in total. The number of ether oxygens (including phenoxy) is 1. The van der Waals surface area contributed by atoms with E-state index in [0.29, 0.717) is 0 Å². The molecular weight excluding hydrogens is 248 g/mol. The van der Waals surface area contributed by atoms with Gasteiger partial charge in [0.15, 0.2) is 0 Å². The van der Waals surface area contributed by atoms with Gasteiger partial charge in [0.05, 0.1) is 13.0 Å². The van der Waals surface area contributed by atoms with Crippen LogP contribution < -0.4 is 0 Å². The number of halogens is 1. The molecule has 1 aromatic rings. The number of benzene rings is 1. The lowest BCUT2D eigenvalue weighted by Crippen LogP contribution is -2.07. The molecule has 0 spiro atoms. The van der Waals surface area contributed by atoms with Crippen LogP contribution in [-0.2, 0) is 9.53 Å². The third-order valence-electron chi connectivity index (χ3n) is 3.73. The quantitative estimate of drug-likeness (QED) is 0.777. The molecule has 1 aliphatic carbocycles. The van der Waals surface area contributed by atoms with E-state index in [9.17, 15) is 4.79 Å². The smallest absolute Gasteiger partial charge is 0.309 e. The summed E-state index contributed by atoms with van der Waals surface area (Å²) in [6.07, 6.45) is 4.12. The fraction of sp³-hybridized carbons (Fsp3) is 0.400. The van der Waals surface area contributed by atoms with Gasteiger partial charge in [-0.25, -0.2) is 0 Å². The zero-order valence-electron chi connectivity index (χ0n) is 10.8. The van der Waals surface area contributed by atoms with Gasteiger partial charge in [0.2, 0.25) is 0 Å². The summed E-state index contributed by atoms with van der Waals surface area (Å²) in [4.78, 5) is 11.6. The average Bonchev–Trinajstić information content (AvgIpc) is 2.89. The van der Waals surface area contributed by atoms with Gasteiger partial charge in [-0.1, -0.05) is 49.7 Å². The molecule has 2 nitrogen and oxygen atoms in total.